The molecule has 0 radical (unpaired) electrons. The highest BCUT2D eigenvalue weighted by atomic mass is 127. The predicted molar refractivity (Wildman–Crippen MR) is 48.3 cm³/mol. The van der Waals surface area contributed by atoms with E-state index in [2.05, 4.69) is 22.6 Å². The minimum absolute atomic E-state index is 0.514. The lowest BCUT2D eigenvalue weighted by Crippen LogP contribution is -1.96. The molecule has 0 fully saturated rings. The molecule has 1 aliphatic rings. The van der Waals surface area contributed by atoms with Gasteiger partial charge in [0.05, 0.1) is 0 Å². The van der Waals surface area contributed by atoms with Gasteiger partial charge in [-0.25, -0.2) is 0 Å². The van der Waals surface area contributed by atoms with Crippen LogP contribution in [0.25, 0.3) is 0 Å². The fourth-order valence-electron chi connectivity index (χ4n) is 0.732. The average Bonchev–Trinajstić information content (AvgIpc) is 1.88. The molecule has 0 saturated heterocycles. The monoisotopic (exact) mass is 269 g/mol. The maximum Gasteiger partial charge on any atom is 0.00277 e. The van der Waals surface area contributed by atoms with E-state index in [9.17, 15) is 8.76 Å². The Hall–Kier alpha value is 0.320. The topological polar surface area (TPSA) is 40.1 Å². The lowest BCUT2D eigenvalue weighted by Gasteiger charge is -2.12. The summed E-state index contributed by atoms with van der Waals surface area (Å²) in [6.45, 7) is 0. The third-order valence-electron chi connectivity index (χ3n) is 1.27. The first-order valence-corrected chi connectivity index (χ1v) is 5.00. The van der Waals surface area contributed by atoms with Crippen LogP contribution < -0.4 is 0 Å². The van der Waals surface area contributed by atoms with E-state index in [4.69, 9.17) is 0 Å². The number of rotatable bonds is 1. The molecule has 1 rings (SSSR count). The Morgan fingerprint density at radius 1 is 1.50 bits per heavy atom. The van der Waals surface area contributed by atoms with Crippen molar-refractivity contribution in [2.75, 3.05) is 0 Å². The van der Waals surface area contributed by atoms with E-state index in [0.29, 0.717) is 11.3 Å². The summed E-state index contributed by atoms with van der Waals surface area (Å²) in [5, 5.41) is 0. The zero-order chi connectivity index (χ0) is 7.56. The van der Waals surface area contributed by atoms with Gasteiger partial charge in [-0.15, -0.1) is 0 Å². The summed E-state index contributed by atoms with van der Waals surface area (Å²) in [5.41, 5.74) is 0. The van der Waals surface area contributed by atoms with Gasteiger partial charge in [0.2, 0.25) is 0 Å². The van der Waals surface area contributed by atoms with Crippen LogP contribution in [0.3, 0.4) is 0 Å². The Kier molecular flexibility index (Phi) is 3.06. The molecule has 0 N–H and O–H groups in total. The molecule has 4 heteroatoms. The zero-order valence-electron chi connectivity index (χ0n) is 5.17. The van der Waals surface area contributed by atoms with Crippen LogP contribution in [0.4, 0.5) is 0 Å². The molecule has 0 aliphatic heterocycles. The van der Waals surface area contributed by atoms with Crippen molar-refractivity contribution in [2.24, 2.45) is 0 Å². The molecule has 0 spiro atoms. The number of halogens is 1. The molecule has 0 aromatic heterocycles. The van der Waals surface area contributed by atoms with E-state index in [1.54, 1.807) is 6.08 Å². The Labute approximate surface area is 75.8 Å². The molecule has 0 heterocycles. The minimum Gasteiger partial charge on any atom is -0.769 e. The lowest BCUT2D eigenvalue weighted by atomic mass is 10.2. The second-order valence-corrected chi connectivity index (χ2v) is 4.36. The minimum atomic E-state index is -2.00. The van der Waals surface area contributed by atoms with Gasteiger partial charge in [-0.2, -0.15) is 0 Å². The Morgan fingerprint density at radius 3 is 2.60 bits per heavy atom. The van der Waals surface area contributed by atoms with Crippen molar-refractivity contribution >= 4 is 33.7 Å². The van der Waals surface area contributed by atoms with Gasteiger partial charge in [0.15, 0.2) is 0 Å². The predicted octanol–water partition coefficient (Wildman–Crippen LogP) is 1.86. The summed E-state index contributed by atoms with van der Waals surface area (Å²) < 4.78 is 21.9. The van der Waals surface area contributed by atoms with E-state index in [-0.39, 0.29) is 0 Å². The number of hydrogen-bond acceptors (Lipinski definition) is 2. The fourth-order valence-corrected chi connectivity index (χ4v) is 1.63. The molecule has 0 bridgehead atoms. The molecule has 1 unspecified atom stereocenters. The van der Waals surface area contributed by atoms with Crippen LogP contribution in [-0.4, -0.2) is 8.76 Å². The maximum atomic E-state index is 10.4. The van der Waals surface area contributed by atoms with Crippen LogP contribution in [0.1, 0.15) is 12.8 Å². The van der Waals surface area contributed by atoms with Crippen molar-refractivity contribution in [3.05, 3.63) is 20.6 Å². The van der Waals surface area contributed by atoms with E-state index < -0.39 is 11.1 Å². The normalized spacial score (nSPS) is 21.4. The van der Waals surface area contributed by atoms with Gasteiger partial charge in [0.1, 0.15) is 0 Å². The summed E-state index contributed by atoms with van der Waals surface area (Å²) in [6.07, 6.45) is 5.02. The second kappa shape index (κ2) is 3.64. The quantitative estimate of drug-likeness (QED) is 0.538. The highest BCUT2D eigenvalue weighted by molar-refractivity contribution is 14.1. The van der Waals surface area contributed by atoms with Gasteiger partial charge >= 0.3 is 0 Å². The van der Waals surface area contributed by atoms with Crippen LogP contribution in [0.15, 0.2) is 20.6 Å². The van der Waals surface area contributed by atoms with Gasteiger partial charge in [-0.3, -0.25) is 4.21 Å². The summed E-state index contributed by atoms with van der Waals surface area (Å²) >= 11 is 0.202. The van der Waals surface area contributed by atoms with Crippen LogP contribution in [0.5, 0.6) is 0 Å². The molecule has 56 valence electrons. The van der Waals surface area contributed by atoms with Gasteiger partial charge in [-0.1, -0.05) is 12.2 Å². The SMILES string of the molecule is O=S([O-])C1=CC=C(I)CC1. The fraction of sp³-hybridized carbons (Fsp3) is 0.333. The van der Waals surface area contributed by atoms with E-state index in [0.717, 1.165) is 6.42 Å². The van der Waals surface area contributed by atoms with E-state index in [1.165, 1.54) is 3.58 Å². The van der Waals surface area contributed by atoms with Crippen molar-refractivity contribution in [1.82, 2.24) is 0 Å². The molecule has 0 saturated carbocycles. The molecule has 0 aromatic rings. The highest BCUT2D eigenvalue weighted by Crippen LogP contribution is 2.23. The second-order valence-electron chi connectivity index (χ2n) is 1.98. The summed E-state index contributed by atoms with van der Waals surface area (Å²) in [7, 11) is 0. The number of hydrogen-bond donors (Lipinski definition) is 0. The maximum absolute atomic E-state index is 10.4. The molecule has 10 heavy (non-hydrogen) atoms. The molecular weight excluding hydrogens is 263 g/mol. The number of allylic oxidation sites excluding steroid dienone is 4. The average molecular weight is 269 g/mol. The highest BCUT2D eigenvalue weighted by Gasteiger charge is 2.03. The van der Waals surface area contributed by atoms with Crippen LogP contribution in [0, 0.1) is 0 Å². The van der Waals surface area contributed by atoms with Crippen molar-refractivity contribution in [1.29, 1.82) is 0 Å². The zero-order valence-corrected chi connectivity index (χ0v) is 8.15. The van der Waals surface area contributed by atoms with Crippen molar-refractivity contribution in [3.63, 3.8) is 0 Å². The Morgan fingerprint density at radius 2 is 2.20 bits per heavy atom. The van der Waals surface area contributed by atoms with Crippen molar-refractivity contribution < 1.29 is 8.76 Å². The molecular formula is C6H6IO2S-. The first-order chi connectivity index (χ1) is 4.70. The Bertz CT molecular complexity index is 220. The smallest absolute Gasteiger partial charge is 0.00277 e. The lowest BCUT2D eigenvalue weighted by molar-refractivity contribution is 0.541. The largest absolute Gasteiger partial charge is 0.769 e. The van der Waals surface area contributed by atoms with Gasteiger partial charge in [0.25, 0.3) is 0 Å². The standard InChI is InChI=1S/C6H7IO2S/c7-5-1-3-6(4-2-5)10(8)9/h1,3H,2,4H2,(H,8,9)/p-1. The molecule has 1 aliphatic carbocycles. The van der Waals surface area contributed by atoms with E-state index >= 15 is 0 Å². The molecule has 0 amide bonds. The third kappa shape index (κ3) is 2.17. The first-order valence-electron chi connectivity index (χ1n) is 2.84. The van der Waals surface area contributed by atoms with Crippen LogP contribution >= 0.6 is 22.6 Å². The van der Waals surface area contributed by atoms with Gasteiger partial charge in [0, 0.05) is 4.91 Å². The van der Waals surface area contributed by atoms with Crippen molar-refractivity contribution in [3.8, 4) is 0 Å². The van der Waals surface area contributed by atoms with Gasteiger partial charge in [-0.05, 0) is 50.1 Å². The third-order valence-corrected chi connectivity index (χ3v) is 2.94. The first kappa shape index (κ1) is 8.42. The molecule has 1 atom stereocenters. The summed E-state index contributed by atoms with van der Waals surface area (Å²) in [5.74, 6) is 0. The van der Waals surface area contributed by atoms with E-state index in [1.807, 2.05) is 6.08 Å². The van der Waals surface area contributed by atoms with Crippen molar-refractivity contribution in [2.45, 2.75) is 12.8 Å². The molecule has 0 aromatic carbocycles. The van der Waals surface area contributed by atoms with Gasteiger partial charge < -0.3 is 4.55 Å². The summed E-state index contributed by atoms with van der Waals surface area (Å²) in [4.78, 5) is 0.514. The molecule has 2 nitrogen and oxygen atoms in total. The summed E-state index contributed by atoms with van der Waals surface area (Å²) in [6, 6.07) is 0. The van der Waals surface area contributed by atoms with Crippen LogP contribution in [-0.2, 0) is 11.1 Å². The Balaban J connectivity index is 2.74. The van der Waals surface area contributed by atoms with Crippen LogP contribution in [0.2, 0.25) is 0 Å².